The lowest BCUT2D eigenvalue weighted by Gasteiger charge is -2.22. The van der Waals surface area contributed by atoms with E-state index in [0.717, 1.165) is 4.90 Å². The molecule has 0 bridgehead atoms. The van der Waals surface area contributed by atoms with Gasteiger partial charge in [0.05, 0.1) is 6.42 Å². The molecule has 0 saturated heterocycles. The third kappa shape index (κ3) is 6.36. The largest absolute Gasteiger partial charge is 0.481 e. The molecule has 0 spiro atoms. The van der Waals surface area contributed by atoms with Gasteiger partial charge >= 0.3 is 12.0 Å². The number of anilines is 2. The lowest BCUT2D eigenvalue weighted by Crippen LogP contribution is -2.36. The number of nitrogens with zero attached hydrogens (tertiary/aromatic N) is 2. The molecule has 1 heterocycles. The quantitative estimate of drug-likeness (QED) is 0.411. The highest BCUT2D eigenvalue weighted by Gasteiger charge is 2.23. The molecule has 172 valence electrons. The van der Waals surface area contributed by atoms with Crippen LogP contribution in [-0.4, -0.2) is 52.4 Å². The Morgan fingerprint density at radius 3 is 2.45 bits per heavy atom. The van der Waals surface area contributed by atoms with Crippen molar-refractivity contribution in [3.05, 3.63) is 60.4 Å². The van der Waals surface area contributed by atoms with Crippen LogP contribution in [0.15, 0.2) is 64.0 Å². The van der Waals surface area contributed by atoms with Gasteiger partial charge in [-0.25, -0.2) is 4.79 Å². The van der Waals surface area contributed by atoms with Crippen LogP contribution in [0, 0.1) is 0 Å². The highest BCUT2D eigenvalue weighted by molar-refractivity contribution is 7.98. The summed E-state index contributed by atoms with van der Waals surface area (Å²) >= 11 is 1.62. The molecule has 3 N–H and O–H groups in total. The van der Waals surface area contributed by atoms with Gasteiger partial charge in [0, 0.05) is 41.0 Å². The number of hydrogen-bond acceptors (Lipinski definition) is 6. The zero-order valence-corrected chi connectivity index (χ0v) is 19.2. The maximum absolute atomic E-state index is 12.6. The molecule has 2 aromatic carbocycles. The number of amides is 3. The summed E-state index contributed by atoms with van der Waals surface area (Å²) in [5, 5.41) is 18.4. The van der Waals surface area contributed by atoms with E-state index in [2.05, 4.69) is 15.8 Å². The summed E-state index contributed by atoms with van der Waals surface area (Å²) in [6, 6.07) is 15.0. The van der Waals surface area contributed by atoms with Crippen LogP contribution in [0.25, 0.3) is 11.3 Å². The first kappa shape index (κ1) is 23.9. The Kier molecular flexibility index (Phi) is 7.73. The number of nitrogens with one attached hydrogen (secondary N) is 2. The molecular weight excluding hydrogens is 444 g/mol. The van der Waals surface area contributed by atoms with E-state index in [1.807, 2.05) is 30.5 Å². The topological polar surface area (TPSA) is 125 Å². The number of hydrogen-bond donors (Lipinski definition) is 3. The number of aliphatic carboxylic acids is 1. The fraction of sp³-hybridized carbons (Fsp3) is 0.217. The molecule has 3 aromatic rings. The van der Waals surface area contributed by atoms with Crippen molar-refractivity contribution in [3.63, 3.8) is 0 Å². The lowest BCUT2D eigenvalue weighted by atomic mass is 10.1. The summed E-state index contributed by atoms with van der Waals surface area (Å²) in [6.07, 6.45) is 1.80. The molecule has 9 nitrogen and oxygen atoms in total. The van der Waals surface area contributed by atoms with Crippen LogP contribution in [0.5, 0.6) is 0 Å². The number of aromatic nitrogens is 1. The molecular formula is C23H24N4O5S. The number of rotatable bonds is 8. The van der Waals surface area contributed by atoms with E-state index in [4.69, 9.17) is 9.63 Å². The van der Waals surface area contributed by atoms with Gasteiger partial charge in [-0.15, -0.1) is 11.8 Å². The maximum Gasteiger partial charge on any atom is 0.323 e. The van der Waals surface area contributed by atoms with Crippen molar-refractivity contribution < 1.29 is 24.0 Å². The van der Waals surface area contributed by atoms with E-state index in [-0.39, 0.29) is 12.2 Å². The van der Waals surface area contributed by atoms with Crippen LogP contribution in [0.4, 0.5) is 16.2 Å². The molecule has 1 atom stereocenters. The van der Waals surface area contributed by atoms with Gasteiger partial charge in [-0.3, -0.25) is 9.59 Å². The third-order valence-corrected chi connectivity index (χ3v) is 5.68. The van der Waals surface area contributed by atoms with E-state index >= 15 is 0 Å². The number of urea groups is 1. The Hall–Kier alpha value is -3.79. The molecule has 0 fully saturated rings. The van der Waals surface area contributed by atoms with Crippen molar-refractivity contribution in [3.8, 4) is 11.3 Å². The van der Waals surface area contributed by atoms with Crippen LogP contribution < -0.4 is 10.6 Å². The van der Waals surface area contributed by atoms with Crippen molar-refractivity contribution in [2.24, 2.45) is 0 Å². The van der Waals surface area contributed by atoms with Gasteiger partial charge in [-0.05, 0) is 49.6 Å². The second-order valence-corrected chi connectivity index (χ2v) is 8.21. The Morgan fingerprint density at radius 1 is 1.09 bits per heavy atom. The van der Waals surface area contributed by atoms with Crippen molar-refractivity contribution in [1.29, 1.82) is 0 Å². The molecule has 0 aliphatic carbocycles. The van der Waals surface area contributed by atoms with E-state index in [0.29, 0.717) is 22.6 Å². The summed E-state index contributed by atoms with van der Waals surface area (Å²) < 4.78 is 5.19. The fourth-order valence-corrected chi connectivity index (χ4v) is 3.41. The molecule has 0 aliphatic rings. The van der Waals surface area contributed by atoms with E-state index in [1.54, 1.807) is 43.0 Å². The van der Waals surface area contributed by atoms with Crippen LogP contribution >= 0.6 is 11.8 Å². The Labute approximate surface area is 195 Å². The van der Waals surface area contributed by atoms with Gasteiger partial charge < -0.3 is 25.2 Å². The van der Waals surface area contributed by atoms with Crippen LogP contribution in [0.1, 0.15) is 23.9 Å². The lowest BCUT2D eigenvalue weighted by molar-refractivity contribution is -0.137. The van der Waals surface area contributed by atoms with Gasteiger partial charge in [0.15, 0.2) is 0 Å². The van der Waals surface area contributed by atoms with Crippen molar-refractivity contribution in [2.45, 2.75) is 24.3 Å². The molecule has 3 rings (SSSR count). The van der Waals surface area contributed by atoms with Crippen molar-refractivity contribution >= 4 is 41.0 Å². The number of benzene rings is 2. The predicted molar refractivity (Wildman–Crippen MR) is 127 cm³/mol. The maximum atomic E-state index is 12.6. The van der Waals surface area contributed by atoms with Gasteiger partial charge in [-0.1, -0.05) is 17.3 Å². The highest BCUT2D eigenvalue weighted by Crippen LogP contribution is 2.24. The van der Waals surface area contributed by atoms with Crippen molar-refractivity contribution in [2.75, 3.05) is 23.9 Å². The van der Waals surface area contributed by atoms with Crippen molar-refractivity contribution in [1.82, 2.24) is 10.1 Å². The van der Waals surface area contributed by atoms with E-state index in [1.165, 1.54) is 18.0 Å². The first-order chi connectivity index (χ1) is 15.8. The normalized spacial score (nSPS) is 11.5. The first-order valence-corrected chi connectivity index (χ1v) is 11.3. The highest BCUT2D eigenvalue weighted by atomic mass is 32.2. The molecule has 1 unspecified atom stereocenters. The Balaban J connectivity index is 1.67. The summed E-state index contributed by atoms with van der Waals surface area (Å²) in [5.41, 5.74) is 2.26. The average Bonchev–Trinajstić information content (AvgIpc) is 3.28. The molecule has 1 aromatic heterocycles. The minimum absolute atomic E-state index is 0.00506. The van der Waals surface area contributed by atoms with Crippen LogP contribution in [0.2, 0.25) is 0 Å². The molecule has 0 saturated carbocycles. The number of carboxylic acid groups (broad SMARTS) is 1. The summed E-state index contributed by atoms with van der Waals surface area (Å²) in [7, 11) is 1.51. The number of carbonyl (C=O) groups excluding carboxylic acids is 2. The minimum Gasteiger partial charge on any atom is -0.481 e. The molecule has 33 heavy (non-hydrogen) atoms. The number of carboxylic acids is 1. The zero-order valence-electron chi connectivity index (χ0n) is 18.4. The smallest absolute Gasteiger partial charge is 0.323 e. The second-order valence-electron chi connectivity index (χ2n) is 7.33. The van der Waals surface area contributed by atoms with Gasteiger partial charge in [-0.2, -0.15) is 0 Å². The van der Waals surface area contributed by atoms with E-state index < -0.39 is 23.9 Å². The second kappa shape index (κ2) is 10.7. The summed E-state index contributed by atoms with van der Waals surface area (Å²) in [5.74, 6) is -1.47. The number of thioether (sulfide) groups is 1. The Bertz CT molecular complexity index is 1150. The SMILES string of the molecule is CSc1ccc(NC(=O)Nc2cccc(-c3cc(C(=O)N(C)C(C)CC(=O)O)on3)c2)cc1. The van der Waals surface area contributed by atoms with Gasteiger partial charge in [0.1, 0.15) is 5.69 Å². The first-order valence-electron chi connectivity index (χ1n) is 10.0. The molecule has 0 aliphatic heterocycles. The van der Waals surface area contributed by atoms with E-state index in [9.17, 15) is 14.4 Å². The third-order valence-electron chi connectivity index (χ3n) is 4.94. The molecule has 3 amide bonds. The number of carbonyl (C=O) groups is 3. The summed E-state index contributed by atoms with van der Waals surface area (Å²) in [6.45, 7) is 1.64. The minimum atomic E-state index is -0.995. The van der Waals surface area contributed by atoms with Gasteiger partial charge in [0.2, 0.25) is 5.76 Å². The monoisotopic (exact) mass is 468 g/mol. The fourth-order valence-electron chi connectivity index (χ4n) is 3.00. The zero-order chi connectivity index (χ0) is 24.0. The summed E-state index contributed by atoms with van der Waals surface area (Å²) in [4.78, 5) is 38.2. The molecule has 0 radical (unpaired) electrons. The standard InChI is InChI=1S/C23H24N4O5S/c1-14(11-21(28)29)27(2)22(30)20-13-19(26-32-20)15-5-4-6-17(12-15)25-23(31)24-16-7-9-18(33-3)10-8-16/h4-10,12-14H,11H2,1-3H3,(H,28,29)(H2,24,25,31). The predicted octanol–water partition coefficient (Wildman–Crippen LogP) is 4.64. The average molecular weight is 469 g/mol. The Morgan fingerprint density at radius 2 is 1.79 bits per heavy atom. The molecule has 10 heteroatoms. The van der Waals surface area contributed by atoms with Crippen LogP contribution in [0.3, 0.4) is 0 Å². The van der Waals surface area contributed by atoms with Gasteiger partial charge in [0.25, 0.3) is 5.91 Å². The van der Waals surface area contributed by atoms with Crippen LogP contribution in [-0.2, 0) is 4.79 Å².